The highest BCUT2D eigenvalue weighted by Crippen LogP contribution is 2.22. The summed E-state index contributed by atoms with van der Waals surface area (Å²) in [7, 11) is 1.53. The summed E-state index contributed by atoms with van der Waals surface area (Å²) in [5.74, 6) is 0.191. The predicted molar refractivity (Wildman–Crippen MR) is 83.9 cm³/mol. The number of nitrogens with two attached hydrogens (primary N) is 1. The first-order chi connectivity index (χ1) is 11.2. The van der Waals surface area contributed by atoms with Gasteiger partial charge in [0.05, 0.1) is 19.0 Å². The van der Waals surface area contributed by atoms with Crippen molar-refractivity contribution >= 4 is 11.6 Å². The van der Waals surface area contributed by atoms with Crippen molar-refractivity contribution in [2.24, 2.45) is 0 Å². The summed E-state index contributed by atoms with van der Waals surface area (Å²) >= 11 is 0. The molecule has 0 aliphatic rings. The molecule has 114 valence electrons. The highest BCUT2D eigenvalue weighted by Gasteiger charge is 2.17. The normalized spacial score (nSPS) is 10.3. The Morgan fingerprint density at radius 1 is 1.17 bits per heavy atom. The number of nitrogens with zero attached hydrogens (tertiary/aromatic N) is 4. The van der Waals surface area contributed by atoms with Crippen molar-refractivity contribution < 1.29 is 9.53 Å². The van der Waals surface area contributed by atoms with Crippen LogP contribution < -0.4 is 10.5 Å². The Bertz CT molecular complexity index is 852. The summed E-state index contributed by atoms with van der Waals surface area (Å²) in [6, 6.07) is 6.78. The van der Waals surface area contributed by atoms with E-state index in [-0.39, 0.29) is 17.3 Å². The molecule has 2 N–H and O–H groups in total. The first kappa shape index (κ1) is 14.6. The zero-order valence-corrected chi connectivity index (χ0v) is 12.3. The van der Waals surface area contributed by atoms with Gasteiger partial charge in [-0.1, -0.05) is 0 Å². The molecule has 7 heteroatoms. The minimum Gasteiger partial charge on any atom is -0.481 e. The van der Waals surface area contributed by atoms with Gasteiger partial charge in [-0.25, -0.2) is 15.0 Å². The fourth-order valence-electron chi connectivity index (χ4n) is 2.02. The van der Waals surface area contributed by atoms with Gasteiger partial charge in [-0.3, -0.25) is 9.78 Å². The summed E-state index contributed by atoms with van der Waals surface area (Å²) in [6.45, 7) is 0. The minimum atomic E-state index is -0.328. The van der Waals surface area contributed by atoms with Crippen LogP contribution in [0.25, 0.3) is 11.3 Å². The molecule has 0 fully saturated rings. The van der Waals surface area contributed by atoms with Gasteiger partial charge in [0.1, 0.15) is 0 Å². The van der Waals surface area contributed by atoms with Crippen LogP contribution >= 0.6 is 0 Å². The van der Waals surface area contributed by atoms with Gasteiger partial charge in [0.2, 0.25) is 11.7 Å². The molecule has 0 saturated carbocycles. The topological polar surface area (TPSA) is 104 Å². The van der Waals surface area contributed by atoms with Gasteiger partial charge in [-0.15, -0.1) is 0 Å². The second-order valence-corrected chi connectivity index (χ2v) is 4.65. The van der Waals surface area contributed by atoms with Crippen LogP contribution in [0.15, 0.2) is 49.1 Å². The number of ketones is 1. The number of carbonyl (C=O) groups excluding carboxylic acids is 1. The fourth-order valence-corrected chi connectivity index (χ4v) is 2.02. The zero-order valence-electron chi connectivity index (χ0n) is 12.3. The lowest BCUT2D eigenvalue weighted by molar-refractivity contribution is 0.103. The highest BCUT2D eigenvalue weighted by atomic mass is 16.5. The third kappa shape index (κ3) is 2.98. The number of ether oxygens (including phenoxy) is 1. The lowest BCUT2D eigenvalue weighted by atomic mass is 10.1. The molecule has 0 spiro atoms. The second-order valence-electron chi connectivity index (χ2n) is 4.65. The molecule has 3 rings (SSSR count). The number of rotatable bonds is 4. The molecule has 3 aromatic heterocycles. The highest BCUT2D eigenvalue weighted by molar-refractivity contribution is 6.10. The molecular formula is C16H13N5O2. The SMILES string of the molecule is COc1cc(-c2cnc(N)c(C(=O)c3cccnc3)n2)ccn1. The number of methoxy groups -OCH3 is 1. The number of pyridine rings is 2. The zero-order chi connectivity index (χ0) is 16.2. The maximum Gasteiger partial charge on any atom is 0.216 e. The average molecular weight is 307 g/mol. The van der Waals surface area contributed by atoms with Crippen LogP contribution in [0.4, 0.5) is 5.82 Å². The largest absolute Gasteiger partial charge is 0.481 e. The Labute approximate surface area is 132 Å². The van der Waals surface area contributed by atoms with E-state index in [0.29, 0.717) is 17.1 Å². The third-order valence-corrected chi connectivity index (χ3v) is 3.18. The minimum absolute atomic E-state index is 0.0728. The Morgan fingerprint density at radius 2 is 2.04 bits per heavy atom. The average Bonchev–Trinajstić information content (AvgIpc) is 2.62. The second kappa shape index (κ2) is 6.18. The van der Waals surface area contributed by atoms with Gasteiger partial charge < -0.3 is 10.5 Å². The molecule has 0 bridgehead atoms. The van der Waals surface area contributed by atoms with E-state index >= 15 is 0 Å². The molecule has 23 heavy (non-hydrogen) atoms. The molecule has 7 nitrogen and oxygen atoms in total. The van der Waals surface area contributed by atoms with Crippen molar-refractivity contribution in [2.75, 3.05) is 12.8 Å². The summed E-state index contributed by atoms with van der Waals surface area (Å²) in [5, 5.41) is 0. The van der Waals surface area contributed by atoms with E-state index in [1.807, 2.05) is 0 Å². The molecule has 0 saturated heterocycles. The number of hydrogen-bond acceptors (Lipinski definition) is 7. The monoisotopic (exact) mass is 307 g/mol. The molecule has 0 radical (unpaired) electrons. The summed E-state index contributed by atoms with van der Waals surface area (Å²) < 4.78 is 5.09. The first-order valence-electron chi connectivity index (χ1n) is 6.76. The molecular weight excluding hydrogens is 294 g/mol. The van der Waals surface area contributed by atoms with Crippen molar-refractivity contribution in [2.45, 2.75) is 0 Å². The first-order valence-corrected chi connectivity index (χ1v) is 6.76. The van der Waals surface area contributed by atoms with E-state index in [1.165, 1.54) is 19.5 Å². The molecule has 3 aromatic rings. The maximum atomic E-state index is 12.5. The van der Waals surface area contributed by atoms with Crippen molar-refractivity contribution in [1.29, 1.82) is 0 Å². The van der Waals surface area contributed by atoms with Crippen molar-refractivity contribution in [3.63, 3.8) is 0 Å². The van der Waals surface area contributed by atoms with E-state index in [4.69, 9.17) is 10.5 Å². The number of hydrogen-bond donors (Lipinski definition) is 1. The predicted octanol–water partition coefficient (Wildman–Crippen LogP) is 1.76. The van der Waals surface area contributed by atoms with Crippen LogP contribution in [0.2, 0.25) is 0 Å². The van der Waals surface area contributed by atoms with Crippen LogP contribution in [0.1, 0.15) is 16.1 Å². The van der Waals surface area contributed by atoms with Gasteiger partial charge in [-0.05, 0) is 18.2 Å². The van der Waals surface area contributed by atoms with Crippen LogP contribution in [-0.2, 0) is 0 Å². The van der Waals surface area contributed by atoms with Crippen molar-refractivity contribution in [3.8, 4) is 17.1 Å². The standard InChI is InChI=1S/C16H13N5O2/c1-23-13-7-10(4-6-19-13)12-9-20-16(17)14(21-12)15(22)11-3-2-5-18-8-11/h2-9H,1H3,(H2,17,20). The lowest BCUT2D eigenvalue weighted by Crippen LogP contribution is -2.10. The van der Waals surface area contributed by atoms with Gasteiger partial charge in [-0.2, -0.15) is 0 Å². The van der Waals surface area contributed by atoms with Crippen LogP contribution in [0.5, 0.6) is 5.88 Å². The summed E-state index contributed by atoms with van der Waals surface area (Å²) in [6.07, 6.45) is 6.15. The quantitative estimate of drug-likeness (QED) is 0.732. The number of nitrogen functional groups attached to an aromatic ring is 1. The van der Waals surface area contributed by atoms with E-state index in [2.05, 4.69) is 19.9 Å². The fraction of sp³-hybridized carbons (Fsp3) is 0.0625. The summed E-state index contributed by atoms with van der Waals surface area (Å²) in [4.78, 5) is 28.9. The lowest BCUT2D eigenvalue weighted by Gasteiger charge is -2.07. The molecule has 0 unspecified atom stereocenters. The molecule has 0 amide bonds. The molecule has 0 aliphatic heterocycles. The summed E-state index contributed by atoms with van der Waals surface area (Å²) in [5.41, 5.74) is 7.53. The van der Waals surface area contributed by atoms with E-state index in [1.54, 1.807) is 36.7 Å². The molecule has 0 aliphatic carbocycles. The van der Waals surface area contributed by atoms with Gasteiger partial charge in [0.15, 0.2) is 11.5 Å². The van der Waals surface area contributed by atoms with Crippen LogP contribution in [0, 0.1) is 0 Å². The Kier molecular flexibility index (Phi) is 3.92. The Morgan fingerprint density at radius 3 is 2.78 bits per heavy atom. The van der Waals surface area contributed by atoms with Crippen LogP contribution in [-0.4, -0.2) is 32.8 Å². The van der Waals surface area contributed by atoms with E-state index in [0.717, 1.165) is 5.56 Å². The third-order valence-electron chi connectivity index (χ3n) is 3.18. The maximum absolute atomic E-state index is 12.5. The van der Waals surface area contributed by atoms with Gasteiger partial charge in [0.25, 0.3) is 0 Å². The number of carbonyl (C=O) groups is 1. The van der Waals surface area contributed by atoms with Gasteiger partial charge in [0, 0.05) is 35.8 Å². The number of aromatic nitrogens is 4. The molecule has 3 heterocycles. The smallest absolute Gasteiger partial charge is 0.216 e. The number of anilines is 1. The van der Waals surface area contributed by atoms with Gasteiger partial charge >= 0.3 is 0 Å². The Balaban J connectivity index is 2.04. The molecule has 0 atom stereocenters. The van der Waals surface area contributed by atoms with Crippen molar-refractivity contribution in [1.82, 2.24) is 19.9 Å². The molecule has 0 aromatic carbocycles. The van der Waals surface area contributed by atoms with E-state index < -0.39 is 0 Å². The van der Waals surface area contributed by atoms with Crippen molar-refractivity contribution in [3.05, 3.63) is 60.3 Å². The Hall–Kier alpha value is -3.35. The van der Waals surface area contributed by atoms with E-state index in [9.17, 15) is 4.79 Å². The van der Waals surface area contributed by atoms with Crippen LogP contribution in [0.3, 0.4) is 0 Å².